The number of nitrogens with one attached hydrogen (secondary N) is 5. The number of Topliss-reactive ketones (excluding diaryl/α,β-unsaturated/α-hetero) is 1. The van der Waals surface area contributed by atoms with Gasteiger partial charge in [-0.2, -0.15) is 0 Å². The van der Waals surface area contributed by atoms with Crippen molar-refractivity contribution in [2.45, 2.75) is 107 Å². The van der Waals surface area contributed by atoms with E-state index in [-0.39, 0.29) is 42.7 Å². The standard InChI is InChI=1S/C40H55N7O10S/c1-4-14-30(35(49)38(52)42-22-32(48)44-33(36(41)50)26-15-8-5-9-16-26)43-37(51)31-21-28(46-58(55,56)29-19-12-7-13-20-29)23-47(31)39(53)34(27-17-10-6-11-18-27)45-40(54)57-24-25(2)3/h5,7-9,12-13,15-16,19-20,25,27-28,30-31,33-34,46H,4,6,10-11,14,17-18,21-24H2,1-3H3,(H2,41,50)(H,42,52)(H,43,51)(H,44,48)(H,45,54)/t28?,30?,31?,33-,34-/m0/s1. The molecule has 316 valence electrons. The topological polar surface area (TPSA) is 252 Å². The maximum Gasteiger partial charge on any atom is 0.407 e. The maximum atomic E-state index is 14.5. The van der Waals surface area contributed by atoms with Crippen molar-refractivity contribution in [3.63, 3.8) is 0 Å². The highest BCUT2D eigenvalue weighted by molar-refractivity contribution is 7.89. The van der Waals surface area contributed by atoms with E-state index in [0.29, 0.717) is 24.8 Å². The molecule has 6 amide bonds. The molecular weight excluding hydrogens is 771 g/mol. The SMILES string of the molecule is CCCC(NC(=O)C1CC(NS(=O)(=O)c2ccccc2)CN1C(=O)[C@@H](NC(=O)OCC(C)C)C1CCCCC1)C(=O)C(=O)NCC(=O)N[C@H](C(N)=O)c1ccccc1. The summed E-state index contributed by atoms with van der Waals surface area (Å²) < 4.78 is 34.7. The Morgan fingerprint density at radius 3 is 2.12 bits per heavy atom. The fourth-order valence-corrected chi connectivity index (χ4v) is 8.41. The maximum absolute atomic E-state index is 14.5. The van der Waals surface area contributed by atoms with E-state index >= 15 is 0 Å². The molecule has 58 heavy (non-hydrogen) atoms. The summed E-state index contributed by atoms with van der Waals surface area (Å²) in [4.78, 5) is 94.1. The number of benzene rings is 2. The van der Waals surface area contributed by atoms with Crippen LogP contribution in [0.4, 0.5) is 4.79 Å². The lowest BCUT2D eigenvalue weighted by molar-refractivity contribution is -0.143. The molecule has 2 aromatic carbocycles. The highest BCUT2D eigenvalue weighted by atomic mass is 32.2. The Bertz CT molecular complexity index is 1870. The van der Waals surface area contributed by atoms with E-state index in [9.17, 15) is 42.0 Å². The van der Waals surface area contributed by atoms with Crippen LogP contribution in [0.15, 0.2) is 65.6 Å². The van der Waals surface area contributed by atoms with Crippen molar-refractivity contribution < 1.29 is 46.7 Å². The largest absolute Gasteiger partial charge is 0.449 e. The van der Waals surface area contributed by atoms with Gasteiger partial charge in [0.05, 0.1) is 24.1 Å². The summed E-state index contributed by atoms with van der Waals surface area (Å²) in [6, 6.07) is 9.90. The third-order valence-corrected chi connectivity index (χ3v) is 11.6. The van der Waals surface area contributed by atoms with Gasteiger partial charge in [0, 0.05) is 12.6 Å². The summed E-state index contributed by atoms with van der Waals surface area (Å²) in [6.07, 6.45) is 3.25. The summed E-state index contributed by atoms with van der Waals surface area (Å²) >= 11 is 0. The second kappa shape index (κ2) is 21.4. The fourth-order valence-electron chi connectivity index (χ4n) is 7.15. The number of amides is 6. The number of ketones is 1. The van der Waals surface area contributed by atoms with Crippen molar-refractivity contribution >= 4 is 51.4 Å². The number of primary amides is 1. The van der Waals surface area contributed by atoms with Crippen LogP contribution >= 0.6 is 0 Å². The molecule has 1 heterocycles. The first-order valence-corrected chi connectivity index (χ1v) is 21.2. The quantitative estimate of drug-likeness (QED) is 0.112. The van der Waals surface area contributed by atoms with Gasteiger partial charge in [0.2, 0.25) is 39.4 Å². The first kappa shape index (κ1) is 45.3. The normalized spacial score (nSPS) is 18.7. The molecule has 1 saturated heterocycles. The van der Waals surface area contributed by atoms with Crippen molar-refractivity contribution in [3.8, 4) is 0 Å². The zero-order valence-electron chi connectivity index (χ0n) is 33.1. The zero-order valence-corrected chi connectivity index (χ0v) is 33.9. The number of nitrogens with zero attached hydrogens (tertiary/aromatic N) is 1. The number of alkyl carbamates (subject to hydrolysis) is 1. The molecule has 5 atom stereocenters. The molecule has 7 N–H and O–H groups in total. The third kappa shape index (κ3) is 12.8. The molecule has 1 saturated carbocycles. The lowest BCUT2D eigenvalue weighted by atomic mass is 9.83. The van der Waals surface area contributed by atoms with Gasteiger partial charge >= 0.3 is 6.09 Å². The molecule has 0 aromatic heterocycles. The number of ether oxygens (including phenoxy) is 1. The first-order chi connectivity index (χ1) is 27.6. The molecule has 0 radical (unpaired) electrons. The van der Waals surface area contributed by atoms with Crippen LogP contribution in [-0.2, 0) is 43.5 Å². The Morgan fingerprint density at radius 2 is 1.52 bits per heavy atom. The first-order valence-electron chi connectivity index (χ1n) is 19.7. The monoisotopic (exact) mass is 825 g/mol. The molecule has 17 nitrogen and oxygen atoms in total. The van der Waals surface area contributed by atoms with Crippen molar-refractivity contribution in [2.75, 3.05) is 19.7 Å². The van der Waals surface area contributed by atoms with Gasteiger partial charge in [0.15, 0.2) is 0 Å². The number of nitrogens with two attached hydrogens (primary N) is 1. The van der Waals surface area contributed by atoms with E-state index in [1.54, 1.807) is 55.5 Å². The molecule has 1 aliphatic carbocycles. The predicted molar refractivity (Wildman–Crippen MR) is 212 cm³/mol. The molecule has 3 unspecified atom stereocenters. The van der Waals surface area contributed by atoms with E-state index in [4.69, 9.17) is 10.5 Å². The van der Waals surface area contributed by atoms with Crippen molar-refractivity contribution in [2.24, 2.45) is 17.6 Å². The summed E-state index contributed by atoms with van der Waals surface area (Å²) in [7, 11) is -4.09. The highest BCUT2D eigenvalue weighted by Gasteiger charge is 2.46. The van der Waals surface area contributed by atoms with Crippen LogP contribution in [0.1, 0.15) is 83.7 Å². The molecule has 4 rings (SSSR count). The van der Waals surface area contributed by atoms with Crippen LogP contribution in [-0.4, -0.2) is 98.6 Å². The van der Waals surface area contributed by atoms with E-state index in [1.165, 1.54) is 17.0 Å². The smallest absolute Gasteiger partial charge is 0.407 e. The minimum atomic E-state index is -4.09. The summed E-state index contributed by atoms with van der Waals surface area (Å²) in [5, 5.41) is 9.97. The third-order valence-electron chi connectivity index (χ3n) is 10.0. The molecule has 2 fully saturated rings. The average Bonchev–Trinajstić information content (AvgIpc) is 3.63. The van der Waals surface area contributed by atoms with Crippen LogP contribution < -0.4 is 31.7 Å². The molecule has 2 aliphatic rings. The van der Waals surface area contributed by atoms with E-state index in [1.807, 2.05) is 13.8 Å². The Kier molecular flexibility index (Phi) is 16.7. The summed E-state index contributed by atoms with van der Waals surface area (Å²) in [5.41, 5.74) is 5.88. The number of likely N-dealkylation sites (tertiary alicyclic amines) is 1. The number of hydrogen-bond donors (Lipinski definition) is 6. The lowest BCUT2D eigenvalue weighted by Crippen LogP contribution is -2.58. The number of sulfonamides is 1. The second-order valence-electron chi connectivity index (χ2n) is 15.1. The van der Waals surface area contributed by atoms with Gasteiger partial charge < -0.3 is 36.6 Å². The minimum Gasteiger partial charge on any atom is -0.449 e. The highest BCUT2D eigenvalue weighted by Crippen LogP contribution is 2.30. The lowest BCUT2D eigenvalue weighted by Gasteiger charge is -2.34. The van der Waals surface area contributed by atoms with Crippen LogP contribution in [0, 0.1) is 11.8 Å². The summed E-state index contributed by atoms with van der Waals surface area (Å²) in [5.74, 6) is -5.56. The molecule has 1 aliphatic heterocycles. The van der Waals surface area contributed by atoms with Gasteiger partial charge in [0.1, 0.15) is 18.1 Å². The van der Waals surface area contributed by atoms with E-state index < -0.39 is 88.2 Å². The Balaban J connectivity index is 1.53. The van der Waals surface area contributed by atoms with Crippen molar-refractivity contribution in [1.82, 2.24) is 30.9 Å². The Labute approximate surface area is 339 Å². The fraction of sp³-hybridized carbons (Fsp3) is 0.525. The molecular formula is C40H55N7O10S. The van der Waals surface area contributed by atoms with Gasteiger partial charge in [-0.25, -0.2) is 17.9 Å². The number of carbonyl (C=O) groups is 7. The van der Waals surface area contributed by atoms with Gasteiger partial charge in [-0.1, -0.05) is 95.0 Å². The molecule has 0 bridgehead atoms. The van der Waals surface area contributed by atoms with Gasteiger partial charge in [-0.3, -0.25) is 28.8 Å². The van der Waals surface area contributed by atoms with Gasteiger partial charge in [-0.05, 0) is 55.2 Å². The van der Waals surface area contributed by atoms with Crippen molar-refractivity contribution in [3.05, 3.63) is 66.2 Å². The zero-order chi connectivity index (χ0) is 42.4. The predicted octanol–water partition coefficient (Wildman–Crippen LogP) is 1.58. The van der Waals surface area contributed by atoms with Gasteiger partial charge in [-0.15, -0.1) is 0 Å². The second-order valence-corrected chi connectivity index (χ2v) is 16.8. The Hall–Kier alpha value is -5.36. The van der Waals surface area contributed by atoms with Crippen LogP contribution in [0.3, 0.4) is 0 Å². The Morgan fingerprint density at radius 1 is 0.879 bits per heavy atom. The number of carbonyl (C=O) groups excluding carboxylic acids is 7. The van der Waals surface area contributed by atoms with Crippen LogP contribution in [0.5, 0.6) is 0 Å². The van der Waals surface area contributed by atoms with E-state index in [0.717, 1.165) is 19.3 Å². The van der Waals surface area contributed by atoms with Crippen molar-refractivity contribution in [1.29, 1.82) is 0 Å². The molecule has 18 heteroatoms. The van der Waals surface area contributed by atoms with Gasteiger partial charge in [0.25, 0.3) is 5.91 Å². The van der Waals surface area contributed by atoms with Crippen LogP contribution in [0.25, 0.3) is 0 Å². The number of hydrogen-bond acceptors (Lipinski definition) is 10. The minimum absolute atomic E-state index is 0.0145. The average molecular weight is 826 g/mol. The number of rotatable bonds is 19. The molecule has 2 aromatic rings. The van der Waals surface area contributed by atoms with Crippen LogP contribution in [0.2, 0.25) is 0 Å². The summed E-state index contributed by atoms with van der Waals surface area (Å²) in [6.45, 7) is 4.66. The molecule has 0 spiro atoms. The van der Waals surface area contributed by atoms with E-state index in [2.05, 4.69) is 26.0 Å².